The van der Waals surface area contributed by atoms with E-state index < -0.39 is 0 Å². The van der Waals surface area contributed by atoms with E-state index in [-0.39, 0.29) is 18.2 Å². The number of nitrogens with zero attached hydrogens (tertiary/aromatic N) is 1. The predicted octanol–water partition coefficient (Wildman–Crippen LogP) is 2.92. The molecule has 1 aliphatic carbocycles. The molecule has 2 aliphatic heterocycles. The third-order valence-corrected chi connectivity index (χ3v) is 5.35. The second-order valence-electron chi connectivity index (χ2n) is 6.68. The number of hydrogen-bond donors (Lipinski definition) is 1. The number of carbonyl (C=O) groups is 1. The molecule has 2 unspecified atom stereocenters. The fourth-order valence-electron chi connectivity index (χ4n) is 4.12. The number of amides is 1. The van der Waals surface area contributed by atoms with Gasteiger partial charge >= 0.3 is 0 Å². The van der Waals surface area contributed by atoms with E-state index in [2.05, 4.69) is 17.3 Å². The first-order chi connectivity index (χ1) is 9.63. The van der Waals surface area contributed by atoms with Crippen LogP contribution < -0.4 is 5.32 Å². The average molecular weight is 280 g/mol. The van der Waals surface area contributed by atoms with Crippen molar-refractivity contribution in [1.82, 2.24) is 10.2 Å². The highest BCUT2D eigenvalue weighted by atomic mass is 19.1. The number of carbonyl (C=O) groups excluding carboxylic acids is 1. The molecule has 2 heterocycles. The Balaban J connectivity index is 1.52. The molecule has 3 aliphatic rings. The largest absolute Gasteiger partial charge is 0.353 e. The fraction of sp³-hybridized carbons (Fsp3) is 0.812. The van der Waals surface area contributed by atoms with Crippen molar-refractivity contribution in [3.05, 3.63) is 11.4 Å². The molecule has 2 fully saturated rings. The topological polar surface area (TPSA) is 32.3 Å². The van der Waals surface area contributed by atoms with Gasteiger partial charge in [0.2, 0.25) is 5.91 Å². The van der Waals surface area contributed by atoms with Crippen molar-refractivity contribution in [2.45, 2.75) is 75.9 Å². The molecule has 0 aromatic heterocycles. The number of nitrogens with one attached hydrogen (secondary N) is 1. The molecular formula is C16H25FN2O. The van der Waals surface area contributed by atoms with Crippen molar-refractivity contribution in [1.29, 1.82) is 0 Å². The molecule has 3 rings (SSSR count). The molecule has 3 nitrogen and oxygen atoms in total. The van der Waals surface area contributed by atoms with E-state index in [0.717, 1.165) is 37.7 Å². The van der Waals surface area contributed by atoms with Crippen molar-refractivity contribution in [3.8, 4) is 0 Å². The van der Waals surface area contributed by atoms with Gasteiger partial charge in [-0.05, 0) is 64.0 Å². The van der Waals surface area contributed by atoms with Crippen LogP contribution >= 0.6 is 0 Å². The molecule has 2 saturated heterocycles. The van der Waals surface area contributed by atoms with Gasteiger partial charge in [0.15, 0.2) is 0 Å². The number of rotatable bonds is 3. The van der Waals surface area contributed by atoms with Gasteiger partial charge in [-0.1, -0.05) is 0 Å². The Morgan fingerprint density at radius 2 is 1.90 bits per heavy atom. The molecule has 2 atom stereocenters. The Kier molecular flexibility index (Phi) is 4.11. The SMILES string of the molecule is CN1C2CCC1CC(NC(=O)CC1=C(F)CCCC1)C2. The second kappa shape index (κ2) is 5.84. The number of halogens is 1. The van der Waals surface area contributed by atoms with Crippen LogP contribution in [0.25, 0.3) is 0 Å². The standard InChI is InChI=1S/C16H25FN2O/c1-19-13-6-7-14(19)10-12(9-13)18-16(20)8-11-4-2-3-5-15(11)17/h12-14H,2-10H2,1H3,(H,18,20). The van der Waals surface area contributed by atoms with E-state index in [9.17, 15) is 9.18 Å². The van der Waals surface area contributed by atoms with Crippen LogP contribution in [0.2, 0.25) is 0 Å². The monoisotopic (exact) mass is 280 g/mol. The minimum Gasteiger partial charge on any atom is -0.353 e. The van der Waals surface area contributed by atoms with Crippen molar-refractivity contribution in [3.63, 3.8) is 0 Å². The molecule has 2 bridgehead atoms. The normalized spacial score (nSPS) is 34.4. The fourth-order valence-corrected chi connectivity index (χ4v) is 4.12. The lowest BCUT2D eigenvalue weighted by Gasteiger charge is -2.36. The van der Waals surface area contributed by atoms with Gasteiger partial charge in [-0.25, -0.2) is 4.39 Å². The Hall–Kier alpha value is -0.900. The molecule has 4 heteroatoms. The van der Waals surface area contributed by atoms with Crippen LogP contribution in [0.4, 0.5) is 4.39 Å². The molecule has 20 heavy (non-hydrogen) atoms. The Morgan fingerprint density at radius 1 is 1.25 bits per heavy atom. The molecule has 112 valence electrons. The molecule has 0 spiro atoms. The maximum Gasteiger partial charge on any atom is 0.224 e. The van der Waals surface area contributed by atoms with E-state index in [1.54, 1.807) is 0 Å². The first-order valence-electron chi connectivity index (χ1n) is 8.01. The summed E-state index contributed by atoms with van der Waals surface area (Å²) in [5.74, 6) is -0.0131. The van der Waals surface area contributed by atoms with E-state index in [1.807, 2.05) is 0 Å². The summed E-state index contributed by atoms with van der Waals surface area (Å²) >= 11 is 0. The van der Waals surface area contributed by atoms with Gasteiger partial charge in [0, 0.05) is 18.1 Å². The van der Waals surface area contributed by atoms with Gasteiger partial charge in [-0.15, -0.1) is 0 Å². The summed E-state index contributed by atoms with van der Waals surface area (Å²) in [6.45, 7) is 0. The van der Waals surface area contributed by atoms with Crippen LogP contribution in [0, 0.1) is 0 Å². The summed E-state index contributed by atoms with van der Waals surface area (Å²) in [5, 5.41) is 3.14. The summed E-state index contributed by atoms with van der Waals surface area (Å²) in [7, 11) is 2.20. The maximum atomic E-state index is 13.7. The van der Waals surface area contributed by atoms with E-state index in [4.69, 9.17) is 0 Å². The van der Waals surface area contributed by atoms with Gasteiger partial charge in [0.05, 0.1) is 12.2 Å². The quantitative estimate of drug-likeness (QED) is 0.862. The number of hydrogen-bond acceptors (Lipinski definition) is 2. The Labute approximate surface area is 120 Å². The van der Waals surface area contributed by atoms with Crippen LogP contribution in [-0.4, -0.2) is 36.0 Å². The number of fused-ring (bicyclic) bond motifs is 2. The Bertz CT molecular complexity index is 407. The maximum absolute atomic E-state index is 13.7. The second-order valence-corrected chi connectivity index (χ2v) is 6.68. The first kappa shape index (κ1) is 14.1. The highest BCUT2D eigenvalue weighted by molar-refractivity contribution is 5.79. The minimum atomic E-state index is -0.0325. The highest BCUT2D eigenvalue weighted by Crippen LogP contribution is 2.34. The molecule has 0 aromatic carbocycles. The zero-order valence-corrected chi connectivity index (χ0v) is 12.3. The zero-order valence-electron chi connectivity index (χ0n) is 12.3. The summed E-state index contributed by atoms with van der Waals surface area (Å²) in [4.78, 5) is 14.6. The summed E-state index contributed by atoms with van der Waals surface area (Å²) < 4.78 is 13.7. The van der Waals surface area contributed by atoms with E-state index in [1.165, 1.54) is 12.8 Å². The predicted molar refractivity (Wildman–Crippen MR) is 77.0 cm³/mol. The lowest BCUT2D eigenvalue weighted by Crippen LogP contribution is -2.48. The number of allylic oxidation sites excluding steroid dienone is 1. The van der Waals surface area contributed by atoms with Crippen LogP contribution in [0.1, 0.15) is 57.8 Å². The van der Waals surface area contributed by atoms with Crippen LogP contribution in [0.15, 0.2) is 11.4 Å². The number of piperidine rings is 1. The molecular weight excluding hydrogens is 255 g/mol. The molecule has 0 aromatic rings. The van der Waals surface area contributed by atoms with E-state index >= 15 is 0 Å². The molecule has 0 saturated carbocycles. The third-order valence-electron chi connectivity index (χ3n) is 5.35. The summed E-state index contributed by atoms with van der Waals surface area (Å²) in [5.41, 5.74) is 0.740. The van der Waals surface area contributed by atoms with Gasteiger partial charge in [-0.3, -0.25) is 4.79 Å². The van der Waals surface area contributed by atoms with Crippen LogP contribution in [0.5, 0.6) is 0 Å². The van der Waals surface area contributed by atoms with Crippen molar-refractivity contribution < 1.29 is 9.18 Å². The lowest BCUT2D eigenvalue weighted by molar-refractivity contribution is -0.121. The van der Waals surface area contributed by atoms with Crippen LogP contribution in [0.3, 0.4) is 0 Å². The molecule has 1 amide bonds. The van der Waals surface area contributed by atoms with Crippen LogP contribution in [-0.2, 0) is 4.79 Å². The Morgan fingerprint density at radius 3 is 2.55 bits per heavy atom. The van der Waals surface area contributed by atoms with E-state index in [0.29, 0.717) is 24.5 Å². The average Bonchev–Trinajstić information content (AvgIpc) is 2.63. The molecule has 1 N–H and O–H groups in total. The summed E-state index contributed by atoms with van der Waals surface area (Å²) in [6, 6.07) is 1.55. The van der Waals surface area contributed by atoms with Crippen molar-refractivity contribution in [2.75, 3.05) is 7.05 Å². The van der Waals surface area contributed by atoms with Gasteiger partial charge in [0.1, 0.15) is 0 Å². The van der Waals surface area contributed by atoms with Gasteiger partial charge in [-0.2, -0.15) is 0 Å². The third kappa shape index (κ3) is 2.90. The van der Waals surface area contributed by atoms with Crippen molar-refractivity contribution in [2.24, 2.45) is 0 Å². The molecule has 0 radical (unpaired) electrons. The lowest BCUT2D eigenvalue weighted by atomic mass is 9.94. The van der Waals surface area contributed by atoms with Gasteiger partial charge in [0.25, 0.3) is 0 Å². The first-order valence-corrected chi connectivity index (χ1v) is 8.01. The van der Waals surface area contributed by atoms with Gasteiger partial charge < -0.3 is 10.2 Å². The van der Waals surface area contributed by atoms with Crippen molar-refractivity contribution >= 4 is 5.91 Å². The smallest absolute Gasteiger partial charge is 0.224 e. The highest BCUT2D eigenvalue weighted by Gasteiger charge is 2.38. The zero-order chi connectivity index (χ0) is 14.1. The minimum absolute atomic E-state index is 0.0194. The summed E-state index contributed by atoms with van der Waals surface area (Å²) in [6.07, 6.45) is 8.14.